The fourth-order valence-electron chi connectivity index (χ4n) is 4.38. The predicted octanol–water partition coefficient (Wildman–Crippen LogP) is 5.79. The average Bonchev–Trinajstić information content (AvgIpc) is 3.38. The summed E-state index contributed by atoms with van der Waals surface area (Å²) in [4.78, 5) is 20.2. The van der Waals surface area contributed by atoms with Gasteiger partial charge in [0.25, 0.3) is 0 Å². The van der Waals surface area contributed by atoms with E-state index in [0.717, 1.165) is 48.8 Å². The number of piperidine rings is 1. The molecule has 0 saturated carbocycles. The molecule has 2 aromatic carbocycles. The number of rotatable bonds is 6. The van der Waals surface area contributed by atoms with Crippen LogP contribution in [0.25, 0.3) is 11.1 Å². The molecule has 0 amide bonds. The summed E-state index contributed by atoms with van der Waals surface area (Å²) in [5.41, 5.74) is 2.93. The van der Waals surface area contributed by atoms with Crippen molar-refractivity contribution in [1.82, 2.24) is 4.98 Å². The quantitative estimate of drug-likeness (QED) is 0.434. The van der Waals surface area contributed by atoms with Crippen molar-refractivity contribution in [3.63, 3.8) is 0 Å². The van der Waals surface area contributed by atoms with E-state index in [2.05, 4.69) is 22.0 Å². The average molecular weight is 463 g/mol. The molecule has 0 aliphatic carbocycles. The van der Waals surface area contributed by atoms with E-state index >= 15 is 0 Å². The lowest BCUT2D eigenvalue weighted by Crippen LogP contribution is -2.29. The van der Waals surface area contributed by atoms with Crippen LogP contribution in [0.3, 0.4) is 0 Å². The first-order valence-corrected chi connectivity index (χ1v) is 12.0. The van der Waals surface area contributed by atoms with Crippen molar-refractivity contribution < 1.29 is 14.3 Å². The van der Waals surface area contributed by atoms with Crippen LogP contribution in [0.5, 0.6) is 5.75 Å². The van der Waals surface area contributed by atoms with E-state index in [1.165, 1.54) is 19.3 Å². The minimum Gasteiger partial charge on any atom is -0.488 e. The molecule has 0 spiro atoms. The van der Waals surface area contributed by atoms with E-state index in [0.29, 0.717) is 22.8 Å². The highest BCUT2D eigenvalue weighted by atomic mass is 35.5. The Kier molecular flexibility index (Phi) is 6.60. The van der Waals surface area contributed by atoms with Gasteiger partial charge in [-0.15, -0.1) is 0 Å². The molecule has 0 radical (unpaired) electrons. The molecular weight excluding hydrogens is 436 g/mol. The molecule has 2 fully saturated rings. The summed E-state index contributed by atoms with van der Waals surface area (Å²) < 4.78 is 11.2. The van der Waals surface area contributed by atoms with Gasteiger partial charge in [0.05, 0.1) is 18.2 Å². The number of hydrogen-bond donors (Lipinski definition) is 0. The fraction of sp³-hybridized carbons (Fsp3) is 0.333. The summed E-state index contributed by atoms with van der Waals surface area (Å²) in [6, 6.07) is 16.9. The second kappa shape index (κ2) is 9.94. The number of anilines is 1. The molecular formula is C27H27ClN2O3. The minimum atomic E-state index is -0.115. The van der Waals surface area contributed by atoms with Gasteiger partial charge in [0.2, 0.25) is 0 Å². The van der Waals surface area contributed by atoms with Gasteiger partial charge in [-0.3, -0.25) is 4.79 Å². The number of ketones is 1. The van der Waals surface area contributed by atoms with Crippen molar-refractivity contribution in [2.24, 2.45) is 0 Å². The molecule has 0 bridgehead atoms. The highest BCUT2D eigenvalue weighted by Gasteiger charge is 2.19. The van der Waals surface area contributed by atoms with Gasteiger partial charge in [0.15, 0.2) is 5.78 Å². The molecule has 0 unspecified atom stereocenters. The van der Waals surface area contributed by atoms with Crippen LogP contribution in [0.4, 0.5) is 5.82 Å². The van der Waals surface area contributed by atoms with Crippen molar-refractivity contribution in [3.05, 3.63) is 76.9 Å². The van der Waals surface area contributed by atoms with Crippen molar-refractivity contribution in [3.8, 4) is 16.9 Å². The second-order valence-electron chi connectivity index (χ2n) is 8.60. The minimum absolute atomic E-state index is 0.0765. The standard InChI is InChI=1S/C27H27ClN2O3/c28-25-10-6-20(21-7-11-26(29-17-21)30-13-2-1-3-14-30)16-24(25)27(31)19-4-8-22(9-5-19)33-23-12-15-32-18-23/h4-11,16-17,23H,1-3,12-15,18H2/t23-/m1/s1. The molecule has 1 aromatic heterocycles. The van der Waals surface area contributed by atoms with E-state index < -0.39 is 0 Å². The summed E-state index contributed by atoms with van der Waals surface area (Å²) in [5.74, 6) is 1.63. The van der Waals surface area contributed by atoms with Crippen LogP contribution in [0, 0.1) is 0 Å². The third kappa shape index (κ3) is 5.05. The molecule has 3 heterocycles. The number of benzene rings is 2. The Morgan fingerprint density at radius 1 is 1.00 bits per heavy atom. The largest absolute Gasteiger partial charge is 0.488 e. The number of nitrogens with zero attached hydrogens (tertiary/aromatic N) is 2. The van der Waals surface area contributed by atoms with E-state index in [-0.39, 0.29) is 11.9 Å². The number of ether oxygens (including phenoxy) is 2. The van der Waals surface area contributed by atoms with Crippen LogP contribution in [0.1, 0.15) is 41.6 Å². The maximum Gasteiger partial charge on any atom is 0.194 e. The van der Waals surface area contributed by atoms with Gasteiger partial charge in [-0.25, -0.2) is 4.98 Å². The van der Waals surface area contributed by atoms with Crippen molar-refractivity contribution in [1.29, 1.82) is 0 Å². The molecule has 33 heavy (non-hydrogen) atoms. The first-order chi connectivity index (χ1) is 16.2. The summed E-state index contributed by atoms with van der Waals surface area (Å²) in [6.07, 6.45) is 6.56. The SMILES string of the molecule is O=C(c1ccc(O[C@@H]2CCOC2)cc1)c1cc(-c2ccc(N3CCCCC3)nc2)ccc1Cl. The zero-order valence-corrected chi connectivity index (χ0v) is 19.3. The topological polar surface area (TPSA) is 51.7 Å². The van der Waals surface area contributed by atoms with Gasteiger partial charge in [0.1, 0.15) is 17.7 Å². The molecule has 1 atom stereocenters. The highest BCUT2D eigenvalue weighted by Crippen LogP contribution is 2.29. The lowest BCUT2D eigenvalue weighted by atomic mass is 9.98. The molecule has 3 aromatic rings. The van der Waals surface area contributed by atoms with E-state index in [1.54, 1.807) is 18.2 Å². The summed E-state index contributed by atoms with van der Waals surface area (Å²) in [6.45, 7) is 3.46. The Morgan fingerprint density at radius 3 is 2.48 bits per heavy atom. The number of halogens is 1. The summed E-state index contributed by atoms with van der Waals surface area (Å²) >= 11 is 6.42. The molecule has 170 valence electrons. The van der Waals surface area contributed by atoms with Gasteiger partial charge in [-0.2, -0.15) is 0 Å². The summed E-state index contributed by atoms with van der Waals surface area (Å²) in [5, 5.41) is 0.435. The number of aromatic nitrogens is 1. The number of pyridine rings is 1. The van der Waals surface area contributed by atoms with Crippen molar-refractivity contribution in [2.75, 3.05) is 31.2 Å². The van der Waals surface area contributed by atoms with Crippen LogP contribution >= 0.6 is 11.6 Å². The zero-order chi connectivity index (χ0) is 22.6. The Hall–Kier alpha value is -2.89. The lowest BCUT2D eigenvalue weighted by Gasteiger charge is -2.27. The Balaban J connectivity index is 1.33. The Labute approximate surface area is 199 Å². The van der Waals surface area contributed by atoms with E-state index in [1.807, 2.05) is 30.5 Å². The second-order valence-corrected chi connectivity index (χ2v) is 9.01. The summed E-state index contributed by atoms with van der Waals surface area (Å²) in [7, 11) is 0. The zero-order valence-electron chi connectivity index (χ0n) is 18.5. The first-order valence-electron chi connectivity index (χ1n) is 11.6. The van der Waals surface area contributed by atoms with Crippen LogP contribution in [0.15, 0.2) is 60.8 Å². The first kappa shape index (κ1) is 21.9. The third-order valence-corrected chi connectivity index (χ3v) is 6.61. The van der Waals surface area contributed by atoms with Gasteiger partial charge < -0.3 is 14.4 Å². The van der Waals surface area contributed by atoms with Gasteiger partial charge in [0, 0.05) is 42.4 Å². The van der Waals surface area contributed by atoms with Crippen LogP contribution < -0.4 is 9.64 Å². The smallest absolute Gasteiger partial charge is 0.194 e. The van der Waals surface area contributed by atoms with Crippen LogP contribution in [0.2, 0.25) is 5.02 Å². The molecule has 6 heteroatoms. The van der Waals surface area contributed by atoms with Gasteiger partial charge in [-0.1, -0.05) is 17.7 Å². The van der Waals surface area contributed by atoms with Gasteiger partial charge in [-0.05, 0) is 73.4 Å². The third-order valence-electron chi connectivity index (χ3n) is 6.28. The van der Waals surface area contributed by atoms with Crippen molar-refractivity contribution in [2.45, 2.75) is 31.8 Å². The maximum absolute atomic E-state index is 13.2. The lowest BCUT2D eigenvalue weighted by molar-refractivity contribution is 0.103. The van der Waals surface area contributed by atoms with Crippen molar-refractivity contribution >= 4 is 23.2 Å². The highest BCUT2D eigenvalue weighted by molar-refractivity contribution is 6.35. The number of hydrogen-bond acceptors (Lipinski definition) is 5. The van der Waals surface area contributed by atoms with E-state index in [9.17, 15) is 4.79 Å². The van der Waals surface area contributed by atoms with E-state index in [4.69, 9.17) is 21.1 Å². The molecule has 0 N–H and O–H groups in total. The number of carbonyl (C=O) groups is 1. The molecule has 2 aliphatic heterocycles. The normalized spacial score (nSPS) is 18.3. The van der Waals surface area contributed by atoms with Gasteiger partial charge >= 0.3 is 0 Å². The maximum atomic E-state index is 13.2. The molecule has 2 saturated heterocycles. The van der Waals surface area contributed by atoms with Crippen LogP contribution in [-0.4, -0.2) is 43.2 Å². The molecule has 2 aliphatic rings. The predicted molar refractivity (Wildman–Crippen MR) is 130 cm³/mol. The Morgan fingerprint density at radius 2 is 1.79 bits per heavy atom. The fourth-order valence-corrected chi connectivity index (χ4v) is 4.59. The number of carbonyl (C=O) groups excluding carboxylic acids is 1. The molecule has 5 rings (SSSR count). The monoisotopic (exact) mass is 462 g/mol. The Bertz CT molecular complexity index is 1100. The van der Waals surface area contributed by atoms with Crippen LogP contribution in [-0.2, 0) is 4.74 Å². The molecule has 5 nitrogen and oxygen atoms in total.